The molecule has 3 rings (SSSR count). The smallest absolute Gasteiger partial charge is 0.252 e. The molecule has 0 radical (unpaired) electrons. The first-order chi connectivity index (χ1) is 12.8. The lowest BCUT2D eigenvalue weighted by Gasteiger charge is -2.10. The first kappa shape index (κ1) is 18.6. The maximum Gasteiger partial charge on any atom is 0.252 e. The number of benzene rings is 1. The van der Waals surface area contributed by atoms with Gasteiger partial charge in [-0.05, 0) is 30.0 Å². The van der Waals surface area contributed by atoms with Crippen molar-refractivity contribution in [3.05, 3.63) is 53.4 Å². The second-order valence-corrected chi connectivity index (χ2v) is 7.52. The zero-order chi connectivity index (χ0) is 18.2. The number of rotatable bonds is 9. The fourth-order valence-corrected chi connectivity index (χ4v) is 3.80. The summed E-state index contributed by atoms with van der Waals surface area (Å²) in [5, 5.41) is 6.03. The summed E-state index contributed by atoms with van der Waals surface area (Å²) in [6, 6.07) is 13.8. The molecule has 0 saturated carbocycles. The first-order valence-corrected chi connectivity index (χ1v) is 10.4. The molecule has 0 spiro atoms. The lowest BCUT2D eigenvalue weighted by molar-refractivity contribution is 0.0954. The highest BCUT2D eigenvalue weighted by Gasteiger charge is 2.13. The highest BCUT2D eigenvalue weighted by atomic mass is 32.1. The molecule has 1 aromatic carbocycles. The van der Waals surface area contributed by atoms with Gasteiger partial charge in [0.1, 0.15) is 0 Å². The molecule has 136 valence electrons. The van der Waals surface area contributed by atoms with E-state index in [1.165, 1.54) is 32.1 Å². The van der Waals surface area contributed by atoms with Crippen LogP contribution in [0.25, 0.3) is 21.5 Å². The molecule has 0 atom stereocenters. The summed E-state index contributed by atoms with van der Waals surface area (Å²) in [4.78, 5) is 18.6. The number of aromatic nitrogens is 1. The topological polar surface area (TPSA) is 42.0 Å². The number of nitrogens with one attached hydrogen (secondary N) is 1. The fraction of sp³-hybridized carbons (Fsp3) is 0.364. The van der Waals surface area contributed by atoms with Crippen molar-refractivity contribution in [3.63, 3.8) is 0 Å². The van der Waals surface area contributed by atoms with Gasteiger partial charge in [-0.15, -0.1) is 11.3 Å². The van der Waals surface area contributed by atoms with Crippen LogP contribution in [0.2, 0.25) is 0 Å². The molecule has 0 bridgehead atoms. The van der Waals surface area contributed by atoms with Gasteiger partial charge < -0.3 is 5.32 Å². The van der Waals surface area contributed by atoms with Crippen LogP contribution in [-0.4, -0.2) is 17.4 Å². The maximum absolute atomic E-state index is 12.8. The lowest BCUT2D eigenvalue weighted by atomic mass is 10.1. The van der Waals surface area contributed by atoms with Crippen molar-refractivity contribution in [1.82, 2.24) is 10.3 Å². The van der Waals surface area contributed by atoms with Crippen LogP contribution in [0, 0.1) is 0 Å². The first-order valence-electron chi connectivity index (χ1n) is 9.51. The molecule has 3 nitrogen and oxygen atoms in total. The molecule has 0 saturated heterocycles. The molecule has 2 heterocycles. The van der Waals surface area contributed by atoms with Crippen molar-refractivity contribution in [2.75, 3.05) is 6.54 Å². The standard InChI is InChI=1S/C22H26N2OS/c1-2-3-4-5-6-9-14-23-22(25)18-16-20(21-13-10-15-26-21)24-19-12-8-7-11-17(18)19/h7-8,10-13,15-16H,2-6,9,14H2,1H3,(H,23,25). The van der Waals surface area contributed by atoms with E-state index < -0.39 is 0 Å². The molecule has 2 aromatic heterocycles. The number of amides is 1. The van der Waals surface area contributed by atoms with Crippen LogP contribution in [0.5, 0.6) is 0 Å². The van der Waals surface area contributed by atoms with E-state index in [-0.39, 0.29) is 5.91 Å². The van der Waals surface area contributed by atoms with Crippen LogP contribution in [0.3, 0.4) is 0 Å². The Kier molecular flexibility index (Phi) is 6.78. The van der Waals surface area contributed by atoms with Gasteiger partial charge in [-0.25, -0.2) is 4.98 Å². The van der Waals surface area contributed by atoms with Crippen molar-refractivity contribution in [2.24, 2.45) is 0 Å². The molecule has 1 N–H and O–H groups in total. The molecule has 0 aliphatic rings. The van der Waals surface area contributed by atoms with Crippen molar-refractivity contribution in [1.29, 1.82) is 0 Å². The Bertz CT molecular complexity index is 842. The summed E-state index contributed by atoms with van der Waals surface area (Å²) < 4.78 is 0. The number of carbonyl (C=O) groups excluding carboxylic acids is 1. The average Bonchev–Trinajstić information content (AvgIpc) is 3.21. The number of fused-ring (bicyclic) bond motifs is 1. The highest BCUT2D eigenvalue weighted by Crippen LogP contribution is 2.27. The van der Waals surface area contributed by atoms with Crippen LogP contribution >= 0.6 is 11.3 Å². The Labute approximate surface area is 159 Å². The van der Waals surface area contributed by atoms with Crippen LogP contribution < -0.4 is 5.32 Å². The predicted octanol–water partition coefficient (Wildman–Crippen LogP) is 6.05. The SMILES string of the molecule is CCCCCCCCNC(=O)c1cc(-c2cccs2)nc2ccccc12. The van der Waals surface area contributed by atoms with Gasteiger partial charge in [0.15, 0.2) is 0 Å². The van der Waals surface area contributed by atoms with Gasteiger partial charge in [0.2, 0.25) is 0 Å². The van der Waals surface area contributed by atoms with E-state index in [0.717, 1.165) is 34.4 Å². The number of unbranched alkanes of at least 4 members (excludes halogenated alkanes) is 5. The molecule has 0 aliphatic carbocycles. The fourth-order valence-electron chi connectivity index (χ4n) is 3.12. The van der Waals surface area contributed by atoms with E-state index >= 15 is 0 Å². The van der Waals surface area contributed by atoms with E-state index in [1.807, 2.05) is 47.8 Å². The Morgan fingerprint density at radius 1 is 1.04 bits per heavy atom. The minimum absolute atomic E-state index is 0.00466. The second-order valence-electron chi connectivity index (χ2n) is 6.57. The Morgan fingerprint density at radius 2 is 1.85 bits per heavy atom. The molecule has 4 heteroatoms. The Morgan fingerprint density at radius 3 is 2.65 bits per heavy atom. The van der Waals surface area contributed by atoms with E-state index in [2.05, 4.69) is 12.2 Å². The summed E-state index contributed by atoms with van der Waals surface area (Å²) in [6.45, 7) is 2.96. The second kappa shape index (κ2) is 9.48. The predicted molar refractivity (Wildman–Crippen MR) is 111 cm³/mol. The number of hydrogen-bond donors (Lipinski definition) is 1. The normalized spacial score (nSPS) is 11.0. The molecule has 0 aliphatic heterocycles. The van der Waals surface area contributed by atoms with Crippen molar-refractivity contribution in [2.45, 2.75) is 45.4 Å². The minimum atomic E-state index is -0.00466. The average molecular weight is 367 g/mol. The van der Waals surface area contributed by atoms with Crippen LogP contribution in [0.1, 0.15) is 55.8 Å². The number of para-hydroxylation sites is 1. The van der Waals surface area contributed by atoms with Gasteiger partial charge >= 0.3 is 0 Å². The van der Waals surface area contributed by atoms with E-state index in [4.69, 9.17) is 4.98 Å². The number of carbonyl (C=O) groups is 1. The molecule has 0 fully saturated rings. The summed E-state index contributed by atoms with van der Waals surface area (Å²) in [7, 11) is 0. The van der Waals surface area contributed by atoms with Gasteiger partial charge in [0.05, 0.1) is 21.7 Å². The van der Waals surface area contributed by atoms with Crippen LogP contribution in [0.4, 0.5) is 0 Å². The number of nitrogens with zero attached hydrogens (tertiary/aromatic N) is 1. The minimum Gasteiger partial charge on any atom is -0.352 e. The van der Waals surface area contributed by atoms with E-state index in [1.54, 1.807) is 11.3 Å². The summed E-state index contributed by atoms with van der Waals surface area (Å²) in [6.07, 6.45) is 7.33. The summed E-state index contributed by atoms with van der Waals surface area (Å²) >= 11 is 1.64. The maximum atomic E-state index is 12.8. The Balaban J connectivity index is 1.70. The number of hydrogen-bond acceptors (Lipinski definition) is 3. The number of thiophene rings is 1. The zero-order valence-electron chi connectivity index (χ0n) is 15.3. The van der Waals surface area contributed by atoms with Gasteiger partial charge in [0, 0.05) is 11.9 Å². The summed E-state index contributed by atoms with van der Waals surface area (Å²) in [5.74, 6) is -0.00466. The van der Waals surface area contributed by atoms with E-state index in [0.29, 0.717) is 5.56 Å². The number of pyridine rings is 1. The third-order valence-corrected chi connectivity index (χ3v) is 5.44. The van der Waals surface area contributed by atoms with Crippen LogP contribution in [0.15, 0.2) is 47.8 Å². The summed E-state index contributed by atoms with van der Waals surface area (Å²) in [5.41, 5.74) is 2.44. The molecule has 0 unspecified atom stereocenters. The molecule has 26 heavy (non-hydrogen) atoms. The molecular weight excluding hydrogens is 340 g/mol. The monoisotopic (exact) mass is 366 g/mol. The third-order valence-electron chi connectivity index (χ3n) is 4.55. The van der Waals surface area contributed by atoms with E-state index in [9.17, 15) is 4.79 Å². The molecule has 3 aromatic rings. The highest BCUT2D eigenvalue weighted by molar-refractivity contribution is 7.13. The van der Waals surface area contributed by atoms with Gasteiger partial charge in [-0.2, -0.15) is 0 Å². The lowest BCUT2D eigenvalue weighted by Crippen LogP contribution is -2.24. The third kappa shape index (κ3) is 4.70. The Hall–Kier alpha value is -2.20. The zero-order valence-corrected chi connectivity index (χ0v) is 16.1. The molecule has 1 amide bonds. The van der Waals surface area contributed by atoms with Gasteiger partial charge in [-0.1, -0.05) is 63.3 Å². The van der Waals surface area contributed by atoms with Gasteiger partial charge in [-0.3, -0.25) is 4.79 Å². The van der Waals surface area contributed by atoms with Crippen molar-refractivity contribution >= 4 is 28.1 Å². The van der Waals surface area contributed by atoms with Crippen LogP contribution in [-0.2, 0) is 0 Å². The van der Waals surface area contributed by atoms with Crippen molar-refractivity contribution < 1.29 is 4.79 Å². The largest absolute Gasteiger partial charge is 0.352 e. The van der Waals surface area contributed by atoms with Crippen molar-refractivity contribution in [3.8, 4) is 10.6 Å². The molecular formula is C22H26N2OS. The van der Waals surface area contributed by atoms with Gasteiger partial charge in [0.25, 0.3) is 5.91 Å². The quantitative estimate of drug-likeness (QED) is 0.468.